The summed E-state index contributed by atoms with van der Waals surface area (Å²) in [5.74, 6) is -1.60. The summed E-state index contributed by atoms with van der Waals surface area (Å²) in [7, 11) is 0. The van der Waals surface area contributed by atoms with E-state index in [0.29, 0.717) is 11.3 Å². The molecule has 0 aliphatic carbocycles. The van der Waals surface area contributed by atoms with Gasteiger partial charge in [-0.1, -0.05) is 0 Å². The van der Waals surface area contributed by atoms with Crippen molar-refractivity contribution in [1.82, 2.24) is 5.32 Å². The second kappa shape index (κ2) is 6.28. The van der Waals surface area contributed by atoms with Crippen LogP contribution in [0.3, 0.4) is 0 Å². The van der Waals surface area contributed by atoms with Crippen LogP contribution in [-0.2, 0) is 22.6 Å². The predicted octanol–water partition coefficient (Wildman–Crippen LogP) is 2.18. The van der Waals surface area contributed by atoms with Crippen molar-refractivity contribution in [2.45, 2.75) is 26.1 Å². The quantitative estimate of drug-likeness (QED) is 0.836. The number of para-hydroxylation sites is 1. The summed E-state index contributed by atoms with van der Waals surface area (Å²) in [5, 5.41) is 1.79. The molecule has 1 aromatic rings. The third kappa shape index (κ3) is 4.75. The molecule has 0 bridgehead atoms. The monoisotopic (exact) mass is 361 g/mol. The number of alkyl halides is 3. The molecule has 0 aromatic heterocycles. The average Bonchev–Trinajstić information content (AvgIpc) is 2.27. The van der Waals surface area contributed by atoms with Gasteiger partial charge in [-0.3, -0.25) is 0 Å². The standard InChI is InChI=1S/C12H12F3NO2.Ru/c1-8(2)18-10-6-4-3-5-9(10)7-16-11(17)12(13,14)15;/h3-6,8H,1-2H3,(H,16,17);. The van der Waals surface area contributed by atoms with Crippen LogP contribution in [0.4, 0.5) is 13.2 Å². The molecule has 1 N–H and O–H groups in total. The summed E-state index contributed by atoms with van der Waals surface area (Å²) in [5.41, 5.74) is 0.394. The molecule has 0 heterocycles. The minimum atomic E-state index is -4.92. The summed E-state index contributed by atoms with van der Waals surface area (Å²) in [4.78, 5) is 10.9. The molecule has 1 aromatic carbocycles. The molecule has 1 amide bonds. The van der Waals surface area contributed by atoms with Crippen LogP contribution in [0.5, 0.6) is 5.75 Å². The van der Waals surface area contributed by atoms with Gasteiger partial charge in [-0.15, -0.1) is 0 Å². The van der Waals surface area contributed by atoms with Gasteiger partial charge in [0.2, 0.25) is 0 Å². The summed E-state index contributed by atoms with van der Waals surface area (Å²) in [6.07, 6.45) is -5.04. The van der Waals surface area contributed by atoms with E-state index >= 15 is 0 Å². The third-order valence-corrected chi connectivity index (χ3v) is 2.64. The SMILES string of the molecule is CC(C)Oc1ccccc1[C](=[Ru])NC(=O)C(F)(F)F. The fourth-order valence-corrected chi connectivity index (χ4v) is 1.79. The molecule has 1 rings (SSSR count). The van der Waals surface area contributed by atoms with Crippen LogP contribution in [0.2, 0.25) is 0 Å². The topological polar surface area (TPSA) is 38.3 Å². The van der Waals surface area contributed by atoms with Crippen LogP contribution in [0.15, 0.2) is 24.3 Å². The van der Waals surface area contributed by atoms with E-state index in [1.54, 1.807) is 43.4 Å². The van der Waals surface area contributed by atoms with Crippen molar-refractivity contribution < 1.29 is 40.6 Å². The molecule has 0 saturated heterocycles. The average molecular weight is 360 g/mol. The number of hydrogen-bond donors (Lipinski definition) is 1. The molecule has 7 heteroatoms. The minimum absolute atomic E-state index is 0.0259. The summed E-state index contributed by atoms with van der Waals surface area (Å²) >= 11 is 1.97. The molecular formula is C12H12F3NO2Ru. The number of ether oxygens (including phenoxy) is 1. The molecule has 19 heavy (non-hydrogen) atoms. The Balaban J connectivity index is 2.91. The Labute approximate surface area is 118 Å². The first kappa shape index (κ1) is 15.8. The fourth-order valence-electron chi connectivity index (χ4n) is 1.23. The van der Waals surface area contributed by atoms with Crippen LogP contribution < -0.4 is 10.1 Å². The number of benzene rings is 1. The maximum absolute atomic E-state index is 12.2. The Hall–Kier alpha value is -1.23. The van der Waals surface area contributed by atoms with E-state index in [1.807, 2.05) is 17.9 Å². The van der Waals surface area contributed by atoms with Crippen molar-refractivity contribution in [2.75, 3.05) is 0 Å². The van der Waals surface area contributed by atoms with Gasteiger partial charge in [-0.2, -0.15) is 0 Å². The van der Waals surface area contributed by atoms with Crippen LogP contribution in [0, 0.1) is 0 Å². The van der Waals surface area contributed by atoms with Gasteiger partial charge in [0.05, 0.1) is 0 Å². The van der Waals surface area contributed by atoms with E-state index in [-0.39, 0.29) is 10.3 Å². The Morgan fingerprint density at radius 3 is 2.42 bits per heavy atom. The third-order valence-electron chi connectivity index (χ3n) is 1.96. The van der Waals surface area contributed by atoms with E-state index in [1.165, 1.54) is 0 Å². The summed E-state index contributed by atoms with van der Waals surface area (Å²) in [6, 6.07) is 6.54. The number of nitrogens with one attached hydrogen (secondary N) is 1. The van der Waals surface area contributed by atoms with Gasteiger partial charge in [0.25, 0.3) is 0 Å². The van der Waals surface area contributed by atoms with Gasteiger partial charge in [0.1, 0.15) is 0 Å². The maximum atomic E-state index is 12.2. The van der Waals surface area contributed by atoms with E-state index in [2.05, 4.69) is 0 Å². The summed E-state index contributed by atoms with van der Waals surface area (Å²) < 4.78 is 42.0. The normalized spacial score (nSPS) is 11.3. The number of halogens is 3. The van der Waals surface area contributed by atoms with Gasteiger partial charge in [-0.05, 0) is 0 Å². The first-order valence-corrected chi connectivity index (χ1v) is 6.24. The molecule has 0 aliphatic heterocycles. The van der Waals surface area contributed by atoms with E-state index in [9.17, 15) is 18.0 Å². The van der Waals surface area contributed by atoms with Gasteiger partial charge in [0.15, 0.2) is 0 Å². The molecule has 0 radical (unpaired) electrons. The first-order chi connectivity index (χ1) is 8.71. The second-order valence-corrected chi connectivity index (χ2v) is 4.79. The molecule has 3 nitrogen and oxygen atoms in total. The Bertz CT molecular complexity index is 486. The van der Waals surface area contributed by atoms with Gasteiger partial charge in [-0.25, -0.2) is 0 Å². The van der Waals surface area contributed by atoms with Crippen LogP contribution in [-0.4, -0.2) is 22.4 Å². The van der Waals surface area contributed by atoms with Gasteiger partial charge < -0.3 is 0 Å². The Morgan fingerprint density at radius 1 is 1.32 bits per heavy atom. The molecule has 0 unspecified atom stereocenters. The van der Waals surface area contributed by atoms with Crippen LogP contribution in [0.1, 0.15) is 19.4 Å². The second-order valence-electron chi connectivity index (χ2n) is 3.92. The molecule has 0 atom stereocenters. The molecule has 0 fully saturated rings. The Kier molecular flexibility index (Phi) is 5.23. The number of carbonyl (C=O) groups is 1. The number of carbonyl (C=O) groups excluding carboxylic acids is 1. The van der Waals surface area contributed by atoms with Gasteiger partial charge in [0, 0.05) is 0 Å². The van der Waals surface area contributed by atoms with Crippen molar-refractivity contribution in [3.8, 4) is 5.75 Å². The molecule has 0 aliphatic rings. The fraction of sp³-hybridized carbons (Fsp3) is 0.333. The van der Waals surface area contributed by atoms with Crippen LogP contribution >= 0.6 is 0 Å². The predicted molar refractivity (Wildman–Crippen MR) is 60.5 cm³/mol. The Morgan fingerprint density at radius 2 is 1.89 bits per heavy atom. The van der Waals surface area contributed by atoms with Crippen LogP contribution in [0.25, 0.3) is 0 Å². The molecular weight excluding hydrogens is 348 g/mol. The molecule has 0 saturated carbocycles. The number of amides is 1. The zero-order chi connectivity index (χ0) is 14.6. The van der Waals surface area contributed by atoms with E-state index in [0.717, 1.165) is 0 Å². The van der Waals surface area contributed by atoms with E-state index in [4.69, 9.17) is 4.74 Å². The number of hydrogen-bond acceptors (Lipinski definition) is 2. The summed E-state index contributed by atoms with van der Waals surface area (Å²) in [6.45, 7) is 3.60. The molecule has 0 spiro atoms. The van der Waals surface area contributed by atoms with Gasteiger partial charge >= 0.3 is 118 Å². The first-order valence-electron chi connectivity index (χ1n) is 5.37. The van der Waals surface area contributed by atoms with Crippen molar-refractivity contribution in [1.29, 1.82) is 0 Å². The van der Waals surface area contributed by atoms with E-state index < -0.39 is 12.1 Å². The number of rotatable bonds is 4. The van der Waals surface area contributed by atoms with Crippen molar-refractivity contribution in [2.24, 2.45) is 0 Å². The zero-order valence-corrected chi connectivity index (χ0v) is 11.9. The van der Waals surface area contributed by atoms with Crippen molar-refractivity contribution in [3.63, 3.8) is 0 Å². The molecule has 106 valence electrons. The zero-order valence-electron chi connectivity index (χ0n) is 10.2. The van der Waals surface area contributed by atoms with Crippen molar-refractivity contribution in [3.05, 3.63) is 29.8 Å². The van der Waals surface area contributed by atoms with Crippen molar-refractivity contribution >= 4 is 10.1 Å².